The molecule has 3 N–H and O–H groups in total. The molecule has 1 aliphatic heterocycles. The summed E-state index contributed by atoms with van der Waals surface area (Å²) in [4.78, 5) is 48.2. The number of piperidine rings is 1. The van der Waals surface area contributed by atoms with Gasteiger partial charge in [0.1, 0.15) is 22.9 Å². The molecule has 242 valence electrons. The van der Waals surface area contributed by atoms with E-state index in [1.807, 2.05) is 12.1 Å². The van der Waals surface area contributed by atoms with Crippen LogP contribution >= 0.6 is 11.6 Å². The molecule has 4 rings (SSSR count). The third-order valence-corrected chi connectivity index (χ3v) is 7.23. The van der Waals surface area contributed by atoms with E-state index in [1.54, 1.807) is 83.0 Å². The zero-order valence-electron chi connectivity index (χ0n) is 27.1. The predicted octanol–water partition coefficient (Wildman–Crippen LogP) is 6.97. The van der Waals surface area contributed by atoms with Crippen molar-refractivity contribution in [1.82, 2.24) is 15.2 Å². The summed E-state index contributed by atoms with van der Waals surface area (Å²) in [6.07, 6.45) is 1.87. The van der Waals surface area contributed by atoms with Crippen LogP contribution in [0.3, 0.4) is 0 Å². The van der Waals surface area contributed by atoms with Crippen LogP contribution in [0.1, 0.15) is 82.3 Å². The van der Waals surface area contributed by atoms with E-state index in [9.17, 15) is 14.4 Å². The smallest absolute Gasteiger partial charge is 0.435 e. The Morgan fingerprint density at radius 3 is 2.28 bits per heavy atom. The van der Waals surface area contributed by atoms with Crippen molar-refractivity contribution in [2.24, 2.45) is 10.9 Å². The summed E-state index contributed by atoms with van der Waals surface area (Å²) < 4.78 is 10.7. The minimum atomic E-state index is -0.791. The molecule has 2 heterocycles. The van der Waals surface area contributed by atoms with E-state index in [-0.39, 0.29) is 17.7 Å². The van der Waals surface area contributed by atoms with Crippen molar-refractivity contribution in [1.29, 1.82) is 0 Å². The maximum absolute atomic E-state index is 13.3. The quantitative estimate of drug-likeness (QED) is 0.178. The monoisotopic (exact) mass is 645 g/mol. The minimum Gasteiger partial charge on any atom is -0.444 e. The van der Waals surface area contributed by atoms with Gasteiger partial charge in [-0.15, -0.1) is 0 Å². The highest BCUT2D eigenvalue weighted by molar-refractivity contribution is 6.31. The second kappa shape index (κ2) is 14.2. The Balaban J connectivity index is 1.38. The van der Waals surface area contributed by atoms with Gasteiger partial charge in [-0.25, -0.2) is 14.6 Å². The molecule has 3 amide bonds. The van der Waals surface area contributed by atoms with Gasteiger partial charge in [-0.05, 0) is 96.7 Å². The topological polar surface area (TPSA) is 136 Å². The van der Waals surface area contributed by atoms with Crippen LogP contribution in [0.4, 0.5) is 15.4 Å². The number of hydrogen-bond acceptors (Lipinski definition) is 7. The zero-order valence-corrected chi connectivity index (χ0v) is 27.8. The van der Waals surface area contributed by atoms with Crippen molar-refractivity contribution in [3.8, 4) is 11.8 Å². The Morgan fingerprint density at radius 2 is 1.65 bits per heavy atom. The van der Waals surface area contributed by atoms with Gasteiger partial charge in [-0.2, -0.15) is 4.99 Å². The molecule has 0 aliphatic carbocycles. The number of nitrogens with zero attached hydrogens (tertiary/aromatic N) is 3. The largest absolute Gasteiger partial charge is 0.444 e. The summed E-state index contributed by atoms with van der Waals surface area (Å²) >= 11 is 6.19. The van der Waals surface area contributed by atoms with E-state index in [0.717, 1.165) is 16.3 Å². The van der Waals surface area contributed by atoms with Crippen molar-refractivity contribution in [2.45, 2.75) is 72.0 Å². The van der Waals surface area contributed by atoms with Crippen molar-refractivity contribution < 1.29 is 23.9 Å². The first-order chi connectivity index (χ1) is 21.6. The number of hydrogen-bond donors (Lipinski definition) is 2. The van der Waals surface area contributed by atoms with E-state index < -0.39 is 23.4 Å². The number of amides is 3. The van der Waals surface area contributed by atoms with Crippen LogP contribution in [0.15, 0.2) is 53.7 Å². The second-order valence-corrected chi connectivity index (χ2v) is 13.6. The fraction of sp³-hybridized carbons (Fsp3) is 0.400. The number of nitrogens with one attached hydrogen (secondary N) is 1. The van der Waals surface area contributed by atoms with E-state index in [1.165, 1.54) is 0 Å². The number of amidine groups is 1. The number of aromatic nitrogens is 1. The lowest BCUT2D eigenvalue weighted by Gasteiger charge is -2.32. The van der Waals surface area contributed by atoms with Crippen molar-refractivity contribution >= 4 is 52.1 Å². The molecular formula is C35H40ClN5O5. The molecule has 1 aliphatic rings. The van der Waals surface area contributed by atoms with Crippen LogP contribution in [-0.4, -0.2) is 58.1 Å². The molecule has 46 heavy (non-hydrogen) atoms. The van der Waals surface area contributed by atoms with Gasteiger partial charge in [-0.1, -0.05) is 29.5 Å². The average Bonchev–Trinajstić information content (AvgIpc) is 2.95. The summed E-state index contributed by atoms with van der Waals surface area (Å²) in [6, 6.07) is 12.6. The first-order valence-corrected chi connectivity index (χ1v) is 15.5. The molecular weight excluding hydrogens is 606 g/mol. The van der Waals surface area contributed by atoms with Crippen LogP contribution < -0.4 is 11.1 Å². The highest BCUT2D eigenvalue weighted by Crippen LogP contribution is 2.26. The molecule has 11 heteroatoms. The number of aliphatic imine (C=N–C) groups is 1. The van der Waals surface area contributed by atoms with Crippen molar-refractivity contribution in [3.63, 3.8) is 0 Å². The number of anilines is 1. The van der Waals surface area contributed by atoms with E-state index >= 15 is 0 Å². The first kappa shape index (κ1) is 34.3. The van der Waals surface area contributed by atoms with Crippen molar-refractivity contribution in [3.05, 3.63) is 70.4 Å². The Kier molecular flexibility index (Phi) is 10.6. The molecule has 0 atom stereocenters. The number of carbonyl (C=O) groups excluding carboxylic acids is 3. The number of alkyl carbamates (subject to hydrolysis) is 1. The molecule has 0 bridgehead atoms. The lowest BCUT2D eigenvalue weighted by Crippen LogP contribution is -2.41. The van der Waals surface area contributed by atoms with Crippen LogP contribution in [0.2, 0.25) is 5.02 Å². The van der Waals surface area contributed by atoms with Gasteiger partial charge in [0, 0.05) is 52.6 Å². The Hall–Kier alpha value is -4.62. The number of nitrogen functional groups attached to an aromatic ring is 1. The number of halogens is 1. The molecule has 0 saturated carbocycles. The number of pyridine rings is 1. The Morgan fingerprint density at radius 1 is 1.00 bits per heavy atom. The molecule has 10 nitrogen and oxygen atoms in total. The Bertz CT molecular complexity index is 1700. The van der Waals surface area contributed by atoms with Gasteiger partial charge in [-0.3, -0.25) is 10.1 Å². The highest BCUT2D eigenvalue weighted by atomic mass is 35.5. The van der Waals surface area contributed by atoms with Crippen LogP contribution in [-0.2, 0) is 9.47 Å². The average molecular weight is 646 g/mol. The normalized spacial score (nSPS) is 14.3. The summed E-state index contributed by atoms with van der Waals surface area (Å²) in [6.45, 7) is 11.5. The van der Waals surface area contributed by atoms with Crippen LogP contribution in [0.5, 0.6) is 0 Å². The number of rotatable bonds is 3. The summed E-state index contributed by atoms with van der Waals surface area (Å²) in [5, 5.41) is 4.91. The first-order valence-electron chi connectivity index (χ1n) is 15.1. The predicted molar refractivity (Wildman–Crippen MR) is 180 cm³/mol. The van der Waals surface area contributed by atoms with E-state index in [0.29, 0.717) is 54.3 Å². The number of nitrogens with two attached hydrogens (primary N) is 1. The van der Waals surface area contributed by atoms with Gasteiger partial charge < -0.3 is 20.1 Å². The molecule has 0 spiro atoms. The summed E-state index contributed by atoms with van der Waals surface area (Å²) in [7, 11) is 0. The Labute approximate surface area is 274 Å². The van der Waals surface area contributed by atoms with Gasteiger partial charge >= 0.3 is 12.2 Å². The summed E-state index contributed by atoms with van der Waals surface area (Å²) in [5.74, 6) is 6.73. The molecule has 0 unspecified atom stereocenters. The fourth-order valence-electron chi connectivity index (χ4n) is 4.90. The van der Waals surface area contributed by atoms with Gasteiger partial charge in [0.15, 0.2) is 0 Å². The highest BCUT2D eigenvalue weighted by Gasteiger charge is 2.27. The third kappa shape index (κ3) is 9.94. The minimum absolute atomic E-state index is 0.0791. The van der Waals surface area contributed by atoms with Crippen LogP contribution in [0.25, 0.3) is 10.8 Å². The number of benzene rings is 2. The van der Waals surface area contributed by atoms with Gasteiger partial charge in [0.2, 0.25) is 0 Å². The molecule has 2 aromatic carbocycles. The van der Waals surface area contributed by atoms with Crippen molar-refractivity contribution in [2.75, 3.05) is 18.8 Å². The lowest BCUT2D eigenvalue weighted by atomic mass is 9.92. The molecule has 1 fully saturated rings. The van der Waals surface area contributed by atoms with Crippen LogP contribution in [0, 0.1) is 17.8 Å². The maximum Gasteiger partial charge on any atom is 0.435 e. The number of likely N-dealkylation sites (tertiary alicyclic amines) is 1. The molecule has 1 saturated heterocycles. The zero-order chi connectivity index (χ0) is 33.6. The number of ether oxygens (including phenoxy) is 2. The fourth-order valence-corrected chi connectivity index (χ4v) is 5.07. The number of carbonyl (C=O) groups is 3. The van der Waals surface area contributed by atoms with Gasteiger partial charge in [0.25, 0.3) is 5.91 Å². The lowest BCUT2D eigenvalue weighted by molar-refractivity contribution is 0.0560. The van der Waals surface area contributed by atoms with Gasteiger partial charge in [0.05, 0.1) is 5.56 Å². The van der Waals surface area contributed by atoms with E-state index in [2.05, 4.69) is 27.1 Å². The second-order valence-electron chi connectivity index (χ2n) is 13.2. The molecule has 0 radical (unpaired) electrons. The summed E-state index contributed by atoms with van der Waals surface area (Å²) in [5.41, 5.74) is 6.55. The SMILES string of the molecule is CC(C)(C)OC(=O)N=C(CC1CCN(C(=O)c2ccc(C#Cc3c(N)ncc4ccc(Cl)cc34)cc2)CC1)NC(=O)OC(C)(C)C. The maximum atomic E-state index is 13.3. The number of fused-ring (bicyclic) bond motifs is 1. The molecule has 3 aromatic rings. The molecule has 1 aromatic heterocycles. The standard InChI is InChI=1S/C35H40ClN5O5/c1-34(2,3)45-32(43)39-29(40-33(44)46-35(4,5)6)19-23-15-17-41(18-16-23)31(42)24-10-7-22(8-11-24)9-14-27-28-20-26(36)13-12-25(28)21-38-30(27)37/h7-8,10-13,20-21,23H,15-19H2,1-6H3,(H2,37,38)(H,39,40,43,44). The van der Waals surface area contributed by atoms with E-state index in [4.69, 9.17) is 26.8 Å². The third-order valence-electron chi connectivity index (χ3n) is 7.00.